The molecular weight excluding hydrogens is 548 g/mol. The van der Waals surface area contributed by atoms with E-state index in [1.54, 1.807) is 4.90 Å². The molecule has 3 heterocycles. The first-order valence-electron chi connectivity index (χ1n) is 15.4. The molecule has 232 valence electrons. The predicted octanol–water partition coefficient (Wildman–Crippen LogP) is 3.82. The highest BCUT2D eigenvalue weighted by atomic mass is 16.7. The second-order valence-corrected chi connectivity index (χ2v) is 12.6. The molecule has 10 nitrogen and oxygen atoms in total. The number of hydrogen-bond donors (Lipinski definition) is 2. The van der Waals surface area contributed by atoms with Gasteiger partial charge in [0.15, 0.2) is 11.5 Å². The van der Waals surface area contributed by atoms with Gasteiger partial charge in [-0.15, -0.1) is 0 Å². The summed E-state index contributed by atoms with van der Waals surface area (Å²) in [4.78, 5) is 45.6. The third-order valence-corrected chi connectivity index (χ3v) is 9.26. The van der Waals surface area contributed by atoms with Crippen molar-refractivity contribution in [3.05, 3.63) is 53.6 Å². The maximum atomic E-state index is 14.0. The minimum absolute atomic E-state index is 0.0749. The van der Waals surface area contributed by atoms with Gasteiger partial charge in [-0.1, -0.05) is 45.4 Å². The fourth-order valence-electron chi connectivity index (χ4n) is 6.71. The van der Waals surface area contributed by atoms with Crippen LogP contribution in [0.4, 0.5) is 5.69 Å². The van der Waals surface area contributed by atoms with E-state index in [1.165, 1.54) is 0 Å². The Morgan fingerprint density at radius 3 is 2.63 bits per heavy atom. The molecule has 0 bridgehead atoms. The standard InChI is InChI=1S/C33H44N4O6/c1-4-5-13-37(24-8-6-7-22(16-24)18-34)29(38)20-36-19-25(23-9-10-27-28(17-23)43-21-42-27)30(31(39)40)26(36)11-14-35-15-12-33(2,3)32(35)41/h6-10,16-17,25-26,30H,4-5,11-15,18-21,34H2,1-3H3,(H,39,40)/t25-,26+,30-/m1/s1. The fraction of sp³-hybridized carbons (Fsp3) is 0.545. The summed E-state index contributed by atoms with van der Waals surface area (Å²) in [5.41, 5.74) is 8.06. The van der Waals surface area contributed by atoms with Gasteiger partial charge < -0.3 is 30.1 Å². The molecule has 2 fully saturated rings. The summed E-state index contributed by atoms with van der Waals surface area (Å²) >= 11 is 0. The van der Waals surface area contributed by atoms with Crippen LogP contribution in [0.15, 0.2) is 42.5 Å². The molecule has 3 N–H and O–H groups in total. The van der Waals surface area contributed by atoms with Gasteiger partial charge in [-0.05, 0) is 54.7 Å². The van der Waals surface area contributed by atoms with Gasteiger partial charge in [-0.25, -0.2) is 0 Å². The normalized spacial score (nSPS) is 22.7. The number of carbonyl (C=O) groups excluding carboxylic acids is 2. The average molecular weight is 593 g/mol. The van der Waals surface area contributed by atoms with Gasteiger partial charge >= 0.3 is 5.97 Å². The average Bonchev–Trinajstić information content (AvgIpc) is 3.67. The predicted molar refractivity (Wildman–Crippen MR) is 163 cm³/mol. The third kappa shape index (κ3) is 6.50. The first-order chi connectivity index (χ1) is 20.6. The van der Waals surface area contributed by atoms with E-state index >= 15 is 0 Å². The quantitative estimate of drug-likeness (QED) is 0.381. The molecule has 5 rings (SSSR count). The molecule has 2 aromatic carbocycles. The van der Waals surface area contributed by atoms with E-state index in [4.69, 9.17) is 15.2 Å². The van der Waals surface area contributed by atoms with Crippen LogP contribution >= 0.6 is 0 Å². The minimum Gasteiger partial charge on any atom is -0.481 e. The summed E-state index contributed by atoms with van der Waals surface area (Å²) < 4.78 is 11.1. The van der Waals surface area contributed by atoms with E-state index in [0.717, 1.165) is 36.1 Å². The Morgan fingerprint density at radius 1 is 1.14 bits per heavy atom. The summed E-state index contributed by atoms with van der Waals surface area (Å²) in [6, 6.07) is 12.9. The van der Waals surface area contributed by atoms with Gasteiger partial charge in [0.1, 0.15) is 0 Å². The lowest BCUT2D eigenvalue weighted by molar-refractivity contribution is -0.143. The van der Waals surface area contributed by atoms with Crippen LogP contribution in [0.2, 0.25) is 0 Å². The van der Waals surface area contributed by atoms with Gasteiger partial charge in [0, 0.05) is 55.8 Å². The largest absolute Gasteiger partial charge is 0.481 e. The number of nitrogens with two attached hydrogens (primary N) is 1. The number of nitrogens with zero attached hydrogens (tertiary/aromatic N) is 3. The molecule has 10 heteroatoms. The molecule has 0 aromatic heterocycles. The van der Waals surface area contributed by atoms with E-state index in [2.05, 4.69) is 6.92 Å². The van der Waals surface area contributed by atoms with Crippen molar-refractivity contribution in [2.24, 2.45) is 17.1 Å². The Hall–Kier alpha value is -3.63. The molecular formula is C33H44N4O6. The number of fused-ring (bicyclic) bond motifs is 1. The lowest BCUT2D eigenvalue weighted by Gasteiger charge is -2.31. The maximum Gasteiger partial charge on any atom is 0.308 e. The van der Waals surface area contributed by atoms with E-state index in [-0.39, 0.29) is 31.1 Å². The van der Waals surface area contributed by atoms with Crippen molar-refractivity contribution in [2.45, 2.75) is 65.0 Å². The molecule has 0 spiro atoms. The number of amides is 2. The van der Waals surface area contributed by atoms with Crippen LogP contribution in [-0.2, 0) is 20.9 Å². The molecule has 0 saturated carbocycles. The fourth-order valence-corrected chi connectivity index (χ4v) is 6.71. The molecule has 2 saturated heterocycles. The van der Waals surface area contributed by atoms with Crippen molar-refractivity contribution < 1.29 is 29.0 Å². The summed E-state index contributed by atoms with van der Waals surface area (Å²) in [5, 5.41) is 10.6. The maximum absolute atomic E-state index is 14.0. The Bertz CT molecular complexity index is 1350. The molecule has 3 atom stereocenters. The number of rotatable bonds is 12. The number of benzene rings is 2. The summed E-state index contributed by atoms with van der Waals surface area (Å²) in [7, 11) is 0. The molecule has 43 heavy (non-hydrogen) atoms. The van der Waals surface area contributed by atoms with E-state index < -0.39 is 23.3 Å². The second-order valence-electron chi connectivity index (χ2n) is 12.6. The molecule has 3 aliphatic heterocycles. The third-order valence-electron chi connectivity index (χ3n) is 9.26. The van der Waals surface area contributed by atoms with Gasteiger partial charge in [-0.2, -0.15) is 0 Å². The van der Waals surface area contributed by atoms with Gasteiger partial charge in [0.25, 0.3) is 0 Å². The first kappa shape index (κ1) is 30.8. The molecule has 3 aliphatic rings. The summed E-state index contributed by atoms with van der Waals surface area (Å²) in [6.45, 7) is 8.65. The highest BCUT2D eigenvalue weighted by Gasteiger charge is 2.48. The van der Waals surface area contributed by atoms with Crippen molar-refractivity contribution in [2.75, 3.05) is 44.4 Å². The van der Waals surface area contributed by atoms with Crippen molar-refractivity contribution >= 4 is 23.5 Å². The van der Waals surface area contributed by atoms with Crippen LogP contribution in [0.3, 0.4) is 0 Å². The van der Waals surface area contributed by atoms with Crippen molar-refractivity contribution in [3.63, 3.8) is 0 Å². The number of hydrogen-bond acceptors (Lipinski definition) is 7. The minimum atomic E-state index is -0.908. The Labute approximate surface area is 253 Å². The number of unbranched alkanes of at least 4 members (excludes halogenated alkanes) is 1. The van der Waals surface area contributed by atoms with Gasteiger partial charge in [-0.3, -0.25) is 19.3 Å². The number of carboxylic acid groups (broad SMARTS) is 1. The number of likely N-dealkylation sites (tertiary alicyclic amines) is 2. The van der Waals surface area contributed by atoms with E-state index in [1.807, 2.05) is 66.1 Å². The van der Waals surface area contributed by atoms with Gasteiger partial charge in [0.2, 0.25) is 18.6 Å². The number of anilines is 1. The number of carbonyl (C=O) groups is 3. The monoisotopic (exact) mass is 592 g/mol. The SMILES string of the molecule is CCCCN(C(=O)CN1C[C@H](c2ccc3c(c2)OCO3)[C@@H](C(=O)O)[C@@H]1CCN1CCC(C)(C)C1=O)c1cccc(CN)c1. The Balaban J connectivity index is 1.43. The number of aliphatic carboxylic acids is 1. The summed E-state index contributed by atoms with van der Waals surface area (Å²) in [5.74, 6) is -0.779. The van der Waals surface area contributed by atoms with Crippen LogP contribution in [0.25, 0.3) is 0 Å². The lowest BCUT2D eigenvalue weighted by atomic mass is 9.84. The lowest BCUT2D eigenvalue weighted by Crippen LogP contribution is -2.46. The molecule has 0 aliphatic carbocycles. The molecule has 0 unspecified atom stereocenters. The smallest absolute Gasteiger partial charge is 0.308 e. The van der Waals surface area contributed by atoms with Crippen LogP contribution in [0.1, 0.15) is 63.5 Å². The number of ether oxygens (including phenoxy) is 2. The highest BCUT2D eigenvalue weighted by Crippen LogP contribution is 2.43. The van der Waals surface area contributed by atoms with Gasteiger partial charge in [0.05, 0.1) is 12.5 Å². The van der Waals surface area contributed by atoms with Crippen LogP contribution < -0.4 is 20.1 Å². The Morgan fingerprint density at radius 2 is 1.93 bits per heavy atom. The van der Waals surface area contributed by atoms with Crippen LogP contribution in [-0.4, -0.2) is 78.2 Å². The molecule has 0 radical (unpaired) electrons. The van der Waals surface area contributed by atoms with E-state index in [9.17, 15) is 19.5 Å². The molecule has 2 amide bonds. The van der Waals surface area contributed by atoms with Crippen LogP contribution in [0.5, 0.6) is 11.5 Å². The first-order valence-corrected chi connectivity index (χ1v) is 15.4. The number of carboxylic acids is 1. The topological polar surface area (TPSA) is 126 Å². The highest BCUT2D eigenvalue weighted by molar-refractivity contribution is 5.95. The Kier molecular flexibility index (Phi) is 9.27. The zero-order valence-electron chi connectivity index (χ0n) is 25.5. The van der Waals surface area contributed by atoms with Crippen molar-refractivity contribution in [1.29, 1.82) is 0 Å². The summed E-state index contributed by atoms with van der Waals surface area (Å²) in [6.07, 6.45) is 3.01. The second kappa shape index (κ2) is 12.9. The zero-order valence-corrected chi connectivity index (χ0v) is 25.5. The van der Waals surface area contributed by atoms with Crippen molar-refractivity contribution in [3.8, 4) is 11.5 Å². The van der Waals surface area contributed by atoms with Crippen LogP contribution in [0, 0.1) is 11.3 Å². The molecule has 2 aromatic rings. The van der Waals surface area contributed by atoms with E-state index in [0.29, 0.717) is 50.6 Å². The zero-order chi connectivity index (χ0) is 30.7. The van der Waals surface area contributed by atoms with Crippen molar-refractivity contribution in [1.82, 2.24) is 9.80 Å².